The highest BCUT2D eigenvalue weighted by Gasteiger charge is 2.25. The molecule has 0 amide bonds. The Morgan fingerprint density at radius 3 is 2.18 bits per heavy atom. The first-order chi connectivity index (χ1) is 7.53. The highest BCUT2D eigenvalue weighted by atomic mass is 19.0. The van der Waals surface area contributed by atoms with Gasteiger partial charge in [-0.2, -0.15) is 0 Å². The van der Waals surface area contributed by atoms with Crippen LogP contribution in [0.4, 0.5) is 0 Å². The monoisotopic (exact) mass is 249 g/mol. The van der Waals surface area contributed by atoms with Crippen molar-refractivity contribution >= 4 is 5.97 Å². The molecule has 0 saturated carbocycles. The zero-order valence-corrected chi connectivity index (χ0v) is 11.0. The van der Waals surface area contributed by atoms with Crippen LogP contribution >= 0.6 is 0 Å². The fourth-order valence-electron chi connectivity index (χ4n) is 1.80. The van der Waals surface area contributed by atoms with Crippen LogP contribution in [-0.4, -0.2) is 54.4 Å². The van der Waals surface area contributed by atoms with E-state index < -0.39 is 12.1 Å². The Hall–Kier alpha value is -0.940. The molecule has 0 spiro atoms. The van der Waals surface area contributed by atoms with E-state index in [-0.39, 0.29) is 11.3 Å². The van der Waals surface area contributed by atoms with Crippen LogP contribution in [0.2, 0.25) is 0 Å². The predicted octanol–water partition coefficient (Wildman–Crippen LogP) is -2.04. The molecule has 5 heteroatoms. The number of nitrogens with zero attached hydrogens (tertiary/aromatic N) is 1. The Morgan fingerprint density at radius 2 is 1.82 bits per heavy atom. The number of ether oxygens (including phenoxy) is 1. The van der Waals surface area contributed by atoms with Crippen LogP contribution < -0.4 is 4.70 Å². The number of carbonyl (C=O) groups excluding carboxylic acids is 1. The van der Waals surface area contributed by atoms with Gasteiger partial charge in [0.2, 0.25) is 0 Å². The second-order valence-electron chi connectivity index (χ2n) is 3.96. The van der Waals surface area contributed by atoms with E-state index in [1.54, 1.807) is 0 Å². The molecule has 17 heavy (non-hydrogen) atoms. The van der Waals surface area contributed by atoms with Crippen LogP contribution in [0.15, 0.2) is 12.7 Å². The number of likely N-dealkylation sites (N-methyl/N-ethyl adjacent to an activating group) is 1. The Morgan fingerprint density at radius 1 is 1.35 bits per heavy atom. The fourth-order valence-corrected chi connectivity index (χ4v) is 1.80. The Balaban J connectivity index is 0. The van der Waals surface area contributed by atoms with Gasteiger partial charge in [-0.1, -0.05) is 6.58 Å². The lowest BCUT2D eigenvalue weighted by Crippen LogP contribution is -3.00. The van der Waals surface area contributed by atoms with Crippen LogP contribution in [0.1, 0.15) is 20.8 Å². The molecule has 0 aliphatic rings. The van der Waals surface area contributed by atoms with Gasteiger partial charge >= 0.3 is 5.97 Å². The van der Waals surface area contributed by atoms with Gasteiger partial charge in [-0.15, -0.1) is 0 Å². The topological polar surface area (TPSA) is 46.5 Å². The molecule has 1 atom stereocenters. The largest absolute Gasteiger partial charge is 1.00 e. The van der Waals surface area contributed by atoms with E-state index in [1.807, 2.05) is 0 Å². The Labute approximate surface area is 103 Å². The van der Waals surface area contributed by atoms with Crippen molar-refractivity contribution in [1.82, 2.24) is 0 Å². The molecule has 0 aliphatic carbocycles. The summed E-state index contributed by atoms with van der Waals surface area (Å²) in [5.74, 6) is -0.485. The second kappa shape index (κ2) is 9.13. The van der Waals surface area contributed by atoms with E-state index in [1.165, 1.54) is 0 Å². The summed E-state index contributed by atoms with van der Waals surface area (Å²) in [6.07, 6.45) is 0.498. The standard InChI is InChI=1S/C12H24NO3.FH/c1-5-12(15)16-10-11(14)9-13(6-2,7-3)8-4;/h5,11,14H,1,6-10H2,2-4H3;1H/q+1;/p-1. The van der Waals surface area contributed by atoms with E-state index >= 15 is 0 Å². The normalized spacial score (nSPS) is 12.5. The van der Waals surface area contributed by atoms with E-state index in [4.69, 9.17) is 4.74 Å². The summed E-state index contributed by atoms with van der Waals surface area (Å²) in [5, 5.41) is 9.80. The maximum atomic E-state index is 10.8. The van der Waals surface area contributed by atoms with Crippen molar-refractivity contribution in [2.75, 3.05) is 32.8 Å². The molecule has 0 saturated heterocycles. The first kappa shape index (κ1) is 18.4. The average molecular weight is 249 g/mol. The van der Waals surface area contributed by atoms with Crippen LogP contribution in [0.5, 0.6) is 0 Å². The van der Waals surface area contributed by atoms with Gasteiger partial charge in [-0.3, -0.25) is 0 Å². The number of rotatable bonds is 8. The van der Waals surface area contributed by atoms with Gasteiger partial charge in [0.05, 0.1) is 19.6 Å². The minimum absolute atomic E-state index is 0. The number of hydrogen-bond acceptors (Lipinski definition) is 3. The van der Waals surface area contributed by atoms with Crippen molar-refractivity contribution in [2.45, 2.75) is 26.9 Å². The van der Waals surface area contributed by atoms with Crippen LogP contribution in [-0.2, 0) is 9.53 Å². The second-order valence-corrected chi connectivity index (χ2v) is 3.96. The van der Waals surface area contributed by atoms with Crippen molar-refractivity contribution in [3.05, 3.63) is 12.7 Å². The lowest BCUT2D eigenvalue weighted by molar-refractivity contribution is -0.926. The number of hydrogen-bond donors (Lipinski definition) is 1. The summed E-state index contributed by atoms with van der Waals surface area (Å²) in [4.78, 5) is 10.8. The van der Waals surface area contributed by atoms with Crippen molar-refractivity contribution in [1.29, 1.82) is 0 Å². The molecule has 0 heterocycles. The summed E-state index contributed by atoms with van der Waals surface area (Å²) >= 11 is 0. The number of carbonyl (C=O) groups is 1. The summed E-state index contributed by atoms with van der Waals surface area (Å²) < 4.78 is 5.66. The first-order valence-corrected chi connectivity index (χ1v) is 5.85. The molecule has 102 valence electrons. The van der Waals surface area contributed by atoms with Crippen LogP contribution in [0.25, 0.3) is 0 Å². The average Bonchev–Trinajstić information content (AvgIpc) is 2.33. The number of aliphatic hydroxyl groups excluding tert-OH is 1. The quantitative estimate of drug-likeness (QED) is 0.306. The minimum Gasteiger partial charge on any atom is -1.00 e. The third-order valence-corrected chi connectivity index (χ3v) is 3.20. The Bertz CT molecular complexity index is 222. The molecule has 0 aromatic heterocycles. The van der Waals surface area contributed by atoms with E-state index in [2.05, 4.69) is 27.4 Å². The van der Waals surface area contributed by atoms with Gasteiger partial charge in [0.15, 0.2) is 0 Å². The van der Waals surface area contributed by atoms with Crippen molar-refractivity contribution in [3.63, 3.8) is 0 Å². The maximum absolute atomic E-state index is 10.8. The predicted molar refractivity (Wildman–Crippen MR) is 63.9 cm³/mol. The molecular weight excluding hydrogens is 225 g/mol. The summed E-state index contributed by atoms with van der Waals surface area (Å²) in [7, 11) is 0. The van der Waals surface area contributed by atoms with Crippen molar-refractivity contribution in [3.8, 4) is 0 Å². The summed E-state index contributed by atoms with van der Waals surface area (Å²) in [6, 6.07) is 0. The van der Waals surface area contributed by atoms with Crippen molar-refractivity contribution < 1.29 is 23.8 Å². The van der Waals surface area contributed by atoms with E-state index in [0.717, 1.165) is 30.2 Å². The highest BCUT2D eigenvalue weighted by Crippen LogP contribution is 2.07. The molecule has 1 unspecified atom stereocenters. The molecular formula is C12H24FNO3. The lowest BCUT2D eigenvalue weighted by Gasteiger charge is -2.37. The number of quaternary nitrogens is 1. The molecule has 0 rings (SSSR count). The summed E-state index contributed by atoms with van der Waals surface area (Å²) in [6.45, 7) is 13.2. The van der Waals surface area contributed by atoms with E-state index in [0.29, 0.717) is 6.54 Å². The van der Waals surface area contributed by atoms with Gasteiger partial charge in [0, 0.05) is 6.08 Å². The van der Waals surface area contributed by atoms with Crippen LogP contribution in [0.3, 0.4) is 0 Å². The third-order valence-electron chi connectivity index (χ3n) is 3.20. The lowest BCUT2D eigenvalue weighted by atomic mass is 10.2. The smallest absolute Gasteiger partial charge is 0.330 e. The molecule has 0 aliphatic heterocycles. The number of aliphatic hydroxyl groups is 1. The minimum atomic E-state index is -0.608. The van der Waals surface area contributed by atoms with Gasteiger partial charge in [-0.25, -0.2) is 4.79 Å². The van der Waals surface area contributed by atoms with Crippen LogP contribution in [0, 0.1) is 0 Å². The van der Waals surface area contributed by atoms with Gasteiger partial charge in [-0.05, 0) is 20.8 Å². The van der Waals surface area contributed by atoms with Gasteiger partial charge in [0.1, 0.15) is 19.3 Å². The van der Waals surface area contributed by atoms with Gasteiger partial charge in [0.25, 0.3) is 0 Å². The molecule has 1 N–H and O–H groups in total. The number of halogens is 1. The maximum Gasteiger partial charge on any atom is 0.330 e. The van der Waals surface area contributed by atoms with E-state index in [9.17, 15) is 9.90 Å². The van der Waals surface area contributed by atoms with Gasteiger partial charge < -0.3 is 19.0 Å². The third kappa shape index (κ3) is 6.38. The molecule has 0 aromatic carbocycles. The molecule has 0 radical (unpaired) electrons. The molecule has 4 nitrogen and oxygen atoms in total. The highest BCUT2D eigenvalue weighted by molar-refractivity contribution is 5.81. The van der Waals surface area contributed by atoms with Crippen molar-refractivity contribution in [2.24, 2.45) is 0 Å². The Kier molecular flexibility index (Phi) is 9.89. The SMILES string of the molecule is C=CC(=O)OCC(O)C[N+](CC)(CC)CC.[F-]. The zero-order chi connectivity index (χ0) is 12.6. The molecule has 0 aromatic rings. The summed E-state index contributed by atoms with van der Waals surface area (Å²) in [5.41, 5.74) is 0. The molecule has 0 fully saturated rings. The zero-order valence-electron chi connectivity index (χ0n) is 11.0. The first-order valence-electron chi connectivity index (χ1n) is 5.85. The fraction of sp³-hybridized carbons (Fsp3) is 0.750. The number of esters is 1. The molecule has 0 bridgehead atoms.